The molecule has 1 fully saturated rings. The Labute approximate surface area is 252 Å². The zero-order valence-corrected chi connectivity index (χ0v) is 24.2. The van der Waals surface area contributed by atoms with Gasteiger partial charge in [0.05, 0.1) is 13.1 Å². The normalized spacial score (nSPS) is 21.0. The van der Waals surface area contributed by atoms with Crippen LogP contribution in [0.2, 0.25) is 0 Å². The molecule has 0 spiro atoms. The molecule has 0 radical (unpaired) electrons. The fourth-order valence-corrected chi connectivity index (χ4v) is 6.50. The minimum atomic E-state index is -0.939. The molecule has 2 aromatic heterocycles. The second-order valence-electron chi connectivity index (χ2n) is 11.5. The van der Waals surface area contributed by atoms with Crippen molar-refractivity contribution in [1.29, 1.82) is 0 Å². The molecule has 0 saturated carbocycles. The number of nitrogens with two attached hydrogens (primary N) is 1. The zero-order valence-electron chi connectivity index (χ0n) is 24.2. The van der Waals surface area contributed by atoms with E-state index in [2.05, 4.69) is 4.98 Å². The third kappa shape index (κ3) is 5.35. The van der Waals surface area contributed by atoms with Crippen LogP contribution in [0.4, 0.5) is 8.78 Å². The summed E-state index contributed by atoms with van der Waals surface area (Å²) in [6, 6.07) is 16.2. The van der Waals surface area contributed by atoms with E-state index in [1.165, 1.54) is 18.3 Å². The number of hydrogen-bond acceptors (Lipinski definition) is 5. The highest BCUT2D eigenvalue weighted by atomic mass is 19.1. The Morgan fingerprint density at radius 3 is 2.55 bits per heavy atom. The van der Waals surface area contributed by atoms with E-state index in [4.69, 9.17) is 10.5 Å². The van der Waals surface area contributed by atoms with E-state index >= 15 is 4.39 Å². The van der Waals surface area contributed by atoms with Crippen LogP contribution in [0.1, 0.15) is 50.9 Å². The van der Waals surface area contributed by atoms with Crippen LogP contribution in [-0.2, 0) is 26.2 Å². The molecule has 44 heavy (non-hydrogen) atoms. The van der Waals surface area contributed by atoms with E-state index in [1.807, 2.05) is 49.4 Å². The van der Waals surface area contributed by atoms with Crippen molar-refractivity contribution in [2.75, 3.05) is 6.54 Å². The lowest BCUT2D eigenvalue weighted by Crippen LogP contribution is -2.71. The minimum Gasteiger partial charge on any atom is -0.483 e. The summed E-state index contributed by atoms with van der Waals surface area (Å²) in [5.41, 5.74) is 6.57. The Balaban J connectivity index is 1.48. The van der Waals surface area contributed by atoms with Crippen LogP contribution >= 0.6 is 0 Å². The van der Waals surface area contributed by atoms with Gasteiger partial charge in [0.1, 0.15) is 36.9 Å². The Morgan fingerprint density at radius 1 is 1.07 bits per heavy atom. The first kappa shape index (κ1) is 29.2. The molecule has 6 rings (SSSR count). The minimum absolute atomic E-state index is 0.00239. The van der Waals surface area contributed by atoms with Gasteiger partial charge in [0.2, 0.25) is 5.43 Å². The number of halogens is 2. The van der Waals surface area contributed by atoms with Crippen molar-refractivity contribution in [2.45, 2.75) is 51.8 Å². The second-order valence-corrected chi connectivity index (χ2v) is 11.5. The van der Waals surface area contributed by atoms with Crippen LogP contribution in [0.5, 0.6) is 5.75 Å². The van der Waals surface area contributed by atoms with Gasteiger partial charge in [-0.2, -0.15) is 0 Å². The van der Waals surface area contributed by atoms with Gasteiger partial charge in [-0.3, -0.25) is 28.8 Å². The molecule has 1 saturated heterocycles. The van der Waals surface area contributed by atoms with Crippen LogP contribution in [0.15, 0.2) is 84.0 Å². The van der Waals surface area contributed by atoms with Gasteiger partial charge in [0.15, 0.2) is 17.6 Å². The number of aromatic nitrogens is 2. The lowest BCUT2D eigenvalue weighted by atomic mass is 9.97. The van der Waals surface area contributed by atoms with Crippen molar-refractivity contribution in [3.8, 4) is 5.75 Å². The molecule has 4 aromatic rings. The number of benzene rings is 2. The van der Waals surface area contributed by atoms with E-state index in [1.54, 1.807) is 21.9 Å². The number of pyridine rings is 2. The average molecular weight is 601 g/mol. The third-order valence-corrected chi connectivity index (χ3v) is 8.67. The predicted molar refractivity (Wildman–Crippen MR) is 157 cm³/mol. The predicted octanol–water partition coefficient (Wildman–Crippen LogP) is 3.99. The standard InChI is InChI=1S/C33H31F2N5O4/c1-21-11-13-40(18-23-8-5-12-37-15-23,19-24-9-10-25(34)14-27(24)35)28-17-38-16-26(32(36)42)30(41)31(29(38)33(43)39(21)28)44-20-22-6-3-2-4-7-22/h2-10,12,14-16,21,28H,11,13,17-20H2,1H3,(H-,36,42)/p+1/t21-,28-,40?/m0/s1. The van der Waals surface area contributed by atoms with Gasteiger partial charge in [-0.1, -0.05) is 36.4 Å². The molecule has 2 amide bonds. The van der Waals surface area contributed by atoms with Gasteiger partial charge in [-0.15, -0.1) is 0 Å². The number of quaternary nitrogens is 1. The lowest BCUT2D eigenvalue weighted by Gasteiger charge is -2.56. The average Bonchev–Trinajstić information content (AvgIpc) is 3.01. The summed E-state index contributed by atoms with van der Waals surface area (Å²) in [4.78, 5) is 46.3. The van der Waals surface area contributed by atoms with Crippen LogP contribution in [0.25, 0.3) is 0 Å². The van der Waals surface area contributed by atoms with Crippen molar-refractivity contribution in [1.82, 2.24) is 14.5 Å². The number of amides is 2. The number of ether oxygens (including phenoxy) is 1. The highest BCUT2D eigenvalue weighted by Crippen LogP contribution is 2.39. The van der Waals surface area contributed by atoms with Gasteiger partial charge in [0.25, 0.3) is 11.8 Å². The Morgan fingerprint density at radius 2 is 1.84 bits per heavy atom. The molecule has 0 bridgehead atoms. The van der Waals surface area contributed by atoms with E-state index in [0.29, 0.717) is 25.1 Å². The highest BCUT2D eigenvalue weighted by molar-refractivity contribution is 5.99. The summed E-state index contributed by atoms with van der Waals surface area (Å²) in [5.74, 6) is -2.95. The maximum Gasteiger partial charge on any atom is 0.279 e. The molecule has 2 aliphatic rings. The topological polar surface area (TPSA) is 108 Å². The molecule has 4 heterocycles. The molecular weight excluding hydrogens is 568 g/mol. The van der Waals surface area contributed by atoms with E-state index < -0.39 is 35.0 Å². The Kier molecular flexibility index (Phi) is 7.73. The largest absolute Gasteiger partial charge is 0.483 e. The van der Waals surface area contributed by atoms with Crippen molar-refractivity contribution < 1.29 is 27.6 Å². The number of carbonyl (C=O) groups is 2. The fourth-order valence-electron chi connectivity index (χ4n) is 6.50. The first-order chi connectivity index (χ1) is 21.2. The molecule has 0 aliphatic carbocycles. The molecule has 226 valence electrons. The van der Waals surface area contributed by atoms with Crippen LogP contribution in [0, 0.1) is 11.6 Å². The summed E-state index contributed by atoms with van der Waals surface area (Å²) < 4.78 is 36.8. The van der Waals surface area contributed by atoms with Gasteiger partial charge < -0.3 is 15.0 Å². The smallest absolute Gasteiger partial charge is 0.279 e. The van der Waals surface area contributed by atoms with E-state index in [9.17, 15) is 18.8 Å². The first-order valence-electron chi connectivity index (χ1n) is 14.4. The second kappa shape index (κ2) is 11.6. The Hall–Kier alpha value is -4.90. The number of carbonyl (C=O) groups excluding carboxylic acids is 2. The van der Waals surface area contributed by atoms with Crippen molar-refractivity contribution >= 4 is 11.8 Å². The fraction of sp³-hybridized carbons (Fsp3) is 0.273. The number of hydrogen-bond donors (Lipinski definition) is 1. The van der Waals surface area contributed by atoms with Gasteiger partial charge in [-0.25, -0.2) is 8.78 Å². The van der Waals surface area contributed by atoms with Crippen molar-refractivity contribution in [3.63, 3.8) is 0 Å². The molecule has 3 atom stereocenters. The summed E-state index contributed by atoms with van der Waals surface area (Å²) in [7, 11) is 0. The quantitative estimate of drug-likeness (QED) is 0.308. The van der Waals surface area contributed by atoms with E-state index in [-0.39, 0.29) is 47.2 Å². The molecule has 1 unspecified atom stereocenters. The molecule has 9 nitrogen and oxygen atoms in total. The molecule has 2 aliphatic heterocycles. The highest BCUT2D eigenvalue weighted by Gasteiger charge is 2.52. The summed E-state index contributed by atoms with van der Waals surface area (Å²) in [6.45, 7) is 3.27. The third-order valence-electron chi connectivity index (χ3n) is 8.67. The van der Waals surface area contributed by atoms with Crippen LogP contribution in [-0.4, -0.2) is 49.5 Å². The number of primary amides is 1. The molecule has 2 aromatic carbocycles. The molecule has 2 N–H and O–H groups in total. The van der Waals surface area contributed by atoms with E-state index in [0.717, 1.165) is 17.2 Å². The van der Waals surface area contributed by atoms with Gasteiger partial charge in [-0.05, 0) is 30.7 Å². The molecule has 11 heteroatoms. The van der Waals surface area contributed by atoms with Crippen LogP contribution < -0.4 is 15.9 Å². The first-order valence-corrected chi connectivity index (χ1v) is 14.4. The van der Waals surface area contributed by atoms with Gasteiger partial charge in [0, 0.05) is 48.2 Å². The zero-order chi connectivity index (χ0) is 31.0. The van der Waals surface area contributed by atoms with Crippen molar-refractivity contribution in [2.24, 2.45) is 5.73 Å². The summed E-state index contributed by atoms with van der Waals surface area (Å²) >= 11 is 0. The molecular formula is C33H32F2N5O4+. The Bertz CT molecular complexity index is 1780. The van der Waals surface area contributed by atoms with Gasteiger partial charge >= 0.3 is 0 Å². The maximum absolute atomic E-state index is 15.1. The SMILES string of the molecule is C[C@H]1CC[N+](Cc2cccnc2)(Cc2ccc(F)cc2F)[C@H]2Cn3cc(C(N)=O)c(=O)c(OCc4ccccc4)c3C(=O)N12. The number of rotatable bonds is 8. The number of fused-ring (bicyclic) bond motifs is 2. The maximum atomic E-state index is 15.1. The summed E-state index contributed by atoms with van der Waals surface area (Å²) in [6.07, 6.45) is 4.78. The summed E-state index contributed by atoms with van der Waals surface area (Å²) in [5, 5.41) is 0. The van der Waals surface area contributed by atoms with Crippen LogP contribution in [0.3, 0.4) is 0 Å². The van der Waals surface area contributed by atoms with Crippen molar-refractivity contribution in [3.05, 3.63) is 129 Å². The number of nitrogens with zero attached hydrogens (tertiary/aromatic N) is 4. The monoisotopic (exact) mass is 600 g/mol. The lowest BCUT2D eigenvalue weighted by molar-refractivity contribution is -0.992.